The Morgan fingerprint density at radius 1 is 1.26 bits per heavy atom. The molecule has 1 aliphatic heterocycles. The van der Waals surface area contributed by atoms with Crippen LogP contribution in [0.2, 0.25) is 0 Å². The molecular weight excluding hydrogens is 367 g/mol. The molecule has 7 heteroatoms. The molecule has 0 spiro atoms. The lowest BCUT2D eigenvalue weighted by Gasteiger charge is -2.26. The second kappa shape index (κ2) is 7.78. The zero-order valence-corrected chi connectivity index (χ0v) is 16.2. The van der Waals surface area contributed by atoms with E-state index in [4.69, 9.17) is 0 Å². The van der Waals surface area contributed by atoms with Crippen LogP contribution in [0.1, 0.15) is 47.3 Å². The normalized spacial score (nSPS) is 17.3. The number of carbonyl (C=O) groups excluding carboxylic acids is 1. The van der Waals surface area contributed by atoms with Crippen molar-refractivity contribution in [1.29, 1.82) is 0 Å². The molecule has 0 saturated carbocycles. The van der Waals surface area contributed by atoms with E-state index in [0.717, 1.165) is 36.1 Å². The number of hydrogen-bond donors (Lipinski definition) is 1. The molecule has 1 fully saturated rings. The first-order valence-electron chi connectivity index (χ1n) is 9.01. The summed E-state index contributed by atoms with van der Waals surface area (Å²) in [5.74, 6) is -1.20. The maximum Gasteiger partial charge on any atom is 0.257 e. The van der Waals surface area contributed by atoms with Gasteiger partial charge in [0.2, 0.25) is 10.0 Å². The van der Waals surface area contributed by atoms with Crippen LogP contribution in [0.5, 0.6) is 0 Å². The fourth-order valence-corrected chi connectivity index (χ4v) is 4.62. The summed E-state index contributed by atoms with van der Waals surface area (Å²) in [4.78, 5) is 14.6. The molecule has 0 radical (unpaired) electrons. The fraction of sp³-hybridized carbons (Fsp3) is 0.350. The molecule has 0 bridgehead atoms. The Bertz CT molecular complexity index is 959. The molecule has 2 aromatic rings. The highest BCUT2D eigenvalue weighted by Gasteiger charge is 2.33. The number of sulfonamides is 1. The van der Waals surface area contributed by atoms with Crippen molar-refractivity contribution >= 4 is 15.9 Å². The van der Waals surface area contributed by atoms with Crippen molar-refractivity contribution in [3.63, 3.8) is 0 Å². The molecule has 27 heavy (non-hydrogen) atoms. The minimum absolute atomic E-state index is 0.110. The third-order valence-electron chi connectivity index (χ3n) is 4.87. The number of halogens is 1. The zero-order chi connectivity index (χ0) is 19.6. The molecule has 2 aromatic carbocycles. The van der Waals surface area contributed by atoms with E-state index in [-0.39, 0.29) is 23.0 Å². The molecule has 1 N–H and O–H groups in total. The number of nitrogens with zero attached hydrogens (tertiary/aromatic N) is 1. The number of aryl methyl sites for hydroxylation is 1. The van der Waals surface area contributed by atoms with Crippen molar-refractivity contribution in [2.24, 2.45) is 0 Å². The highest BCUT2D eigenvalue weighted by molar-refractivity contribution is 7.89. The summed E-state index contributed by atoms with van der Waals surface area (Å²) in [6.07, 6.45) is 1.62. The molecule has 1 heterocycles. The van der Waals surface area contributed by atoms with Crippen molar-refractivity contribution in [1.82, 2.24) is 9.62 Å². The molecule has 1 amide bonds. The standard InChI is InChI=1S/C20H23FN2O3S/c1-3-22-27(25,26)15-10-11-18(21)17(13-15)20(24)23-12-6-9-19(23)16-8-5-4-7-14(16)2/h4-5,7-8,10-11,13,19,22H,3,6,9,12H2,1-2H3. The average Bonchev–Trinajstić information content (AvgIpc) is 3.11. The first-order chi connectivity index (χ1) is 12.8. The molecule has 1 atom stereocenters. The average molecular weight is 390 g/mol. The van der Waals surface area contributed by atoms with E-state index < -0.39 is 21.7 Å². The minimum Gasteiger partial charge on any atom is -0.332 e. The number of benzene rings is 2. The van der Waals surface area contributed by atoms with E-state index in [0.29, 0.717) is 6.54 Å². The smallest absolute Gasteiger partial charge is 0.257 e. The van der Waals surface area contributed by atoms with Crippen molar-refractivity contribution in [3.8, 4) is 0 Å². The van der Waals surface area contributed by atoms with E-state index in [1.54, 1.807) is 11.8 Å². The molecule has 0 aliphatic carbocycles. The Hall–Kier alpha value is -2.25. The third-order valence-corrected chi connectivity index (χ3v) is 6.42. The van der Waals surface area contributed by atoms with Crippen LogP contribution in [-0.2, 0) is 10.0 Å². The van der Waals surface area contributed by atoms with E-state index in [2.05, 4.69) is 4.72 Å². The van der Waals surface area contributed by atoms with Gasteiger partial charge in [-0.25, -0.2) is 17.5 Å². The van der Waals surface area contributed by atoms with Gasteiger partial charge in [-0.3, -0.25) is 4.79 Å². The van der Waals surface area contributed by atoms with Crippen LogP contribution in [0.25, 0.3) is 0 Å². The Morgan fingerprint density at radius 2 is 2.00 bits per heavy atom. The molecule has 1 unspecified atom stereocenters. The van der Waals surface area contributed by atoms with Crippen LogP contribution in [0, 0.1) is 12.7 Å². The highest BCUT2D eigenvalue weighted by Crippen LogP contribution is 2.35. The van der Waals surface area contributed by atoms with Crippen molar-refractivity contribution < 1.29 is 17.6 Å². The van der Waals surface area contributed by atoms with Gasteiger partial charge in [-0.2, -0.15) is 0 Å². The summed E-state index contributed by atoms with van der Waals surface area (Å²) in [7, 11) is -3.77. The largest absolute Gasteiger partial charge is 0.332 e. The number of carbonyl (C=O) groups is 1. The summed E-state index contributed by atoms with van der Waals surface area (Å²) in [5, 5.41) is 0. The van der Waals surface area contributed by atoms with Crippen LogP contribution < -0.4 is 4.72 Å². The number of nitrogens with one attached hydrogen (secondary N) is 1. The topological polar surface area (TPSA) is 66.5 Å². The maximum atomic E-state index is 14.4. The number of likely N-dealkylation sites (tertiary alicyclic amines) is 1. The van der Waals surface area contributed by atoms with Gasteiger partial charge < -0.3 is 4.90 Å². The maximum absolute atomic E-state index is 14.4. The van der Waals surface area contributed by atoms with Crippen LogP contribution in [0.3, 0.4) is 0 Å². The Kier molecular flexibility index (Phi) is 5.62. The SMILES string of the molecule is CCNS(=O)(=O)c1ccc(F)c(C(=O)N2CCCC2c2ccccc2C)c1. The molecular formula is C20H23FN2O3S. The fourth-order valence-electron chi connectivity index (χ4n) is 3.56. The number of rotatable bonds is 5. The molecule has 1 saturated heterocycles. The first kappa shape index (κ1) is 19.5. The lowest BCUT2D eigenvalue weighted by atomic mass is 9.99. The summed E-state index contributed by atoms with van der Waals surface area (Å²) in [5.41, 5.74) is 1.90. The first-order valence-corrected chi connectivity index (χ1v) is 10.5. The Balaban J connectivity index is 1.97. The van der Waals surface area contributed by atoms with Gasteiger partial charge in [0.25, 0.3) is 5.91 Å². The van der Waals surface area contributed by atoms with Crippen LogP contribution in [0.15, 0.2) is 47.4 Å². The summed E-state index contributed by atoms with van der Waals surface area (Å²) in [6, 6.07) is 11.0. The molecule has 144 valence electrons. The van der Waals surface area contributed by atoms with Gasteiger partial charge >= 0.3 is 0 Å². The second-order valence-corrected chi connectivity index (χ2v) is 8.42. The Labute approximate surface area is 159 Å². The molecule has 3 rings (SSSR count). The summed E-state index contributed by atoms with van der Waals surface area (Å²) >= 11 is 0. The van der Waals surface area contributed by atoms with Crippen molar-refractivity contribution in [3.05, 3.63) is 65.0 Å². The predicted molar refractivity (Wildman–Crippen MR) is 101 cm³/mol. The second-order valence-electron chi connectivity index (χ2n) is 6.66. The third kappa shape index (κ3) is 3.89. The molecule has 1 aliphatic rings. The van der Waals surface area contributed by atoms with E-state index in [9.17, 15) is 17.6 Å². The van der Waals surface area contributed by atoms with E-state index in [1.165, 1.54) is 6.07 Å². The Morgan fingerprint density at radius 3 is 2.70 bits per heavy atom. The van der Waals surface area contributed by atoms with Crippen molar-refractivity contribution in [2.45, 2.75) is 37.6 Å². The number of amides is 1. The quantitative estimate of drug-likeness (QED) is 0.851. The molecule has 5 nitrogen and oxygen atoms in total. The number of hydrogen-bond acceptors (Lipinski definition) is 3. The van der Waals surface area contributed by atoms with Gasteiger partial charge in [-0.05, 0) is 49.1 Å². The van der Waals surface area contributed by atoms with Crippen LogP contribution >= 0.6 is 0 Å². The monoisotopic (exact) mass is 390 g/mol. The highest BCUT2D eigenvalue weighted by atomic mass is 32.2. The van der Waals surface area contributed by atoms with Gasteiger partial charge in [0.1, 0.15) is 5.82 Å². The van der Waals surface area contributed by atoms with E-state index >= 15 is 0 Å². The predicted octanol–water partition coefficient (Wildman–Crippen LogP) is 3.41. The van der Waals surface area contributed by atoms with Gasteiger partial charge in [0.05, 0.1) is 16.5 Å². The van der Waals surface area contributed by atoms with Crippen LogP contribution in [-0.4, -0.2) is 32.3 Å². The van der Waals surface area contributed by atoms with Gasteiger partial charge in [-0.1, -0.05) is 31.2 Å². The zero-order valence-electron chi connectivity index (χ0n) is 15.4. The van der Waals surface area contributed by atoms with Crippen molar-refractivity contribution in [2.75, 3.05) is 13.1 Å². The summed E-state index contributed by atoms with van der Waals surface area (Å²) in [6.45, 7) is 4.37. The van der Waals surface area contributed by atoms with Gasteiger partial charge in [0, 0.05) is 13.1 Å². The lowest BCUT2D eigenvalue weighted by Crippen LogP contribution is -2.32. The van der Waals surface area contributed by atoms with Crippen LogP contribution in [0.4, 0.5) is 4.39 Å². The van der Waals surface area contributed by atoms with Gasteiger partial charge in [0.15, 0.2) is 0 Å². The van der Waals surface area contributed by atoms with E-state index in [1.807, 2.05) is 31.2 Å². The molecule has 0 aromatic heterocycles. The summed E-state index contributed by atoms with van der Waals surface area (Å²) < 4.78 is 41.2. The minimum atomic E-state index is -3.77. The lowest BCUT2D eigenvalue weighted by molar-refractivity contribution is 0.0730. The van der Waals surface area contributed by atoms with Gasteiger partial charge in [-0.15, -0.1) is 0 Å².